The predicted octanol–water partition coefficient (Wildman–Crippen LogP) is 3.04. The van der Waals surface area contributed by atoms with Crippen LogP contribution in [0.1, 0.15) is 22.8 Å². The molecule has 0 aliphatic heterocycles. The van der Waals surface area contributed by atoms with Gasteiger partial charge in [-0.05, 0) is 49.6 Å². The molecule has 4 nitrogen and oxygen atoms in total. The van der Waals surface area contributed by atoms with E-state index in [9.17, 15) is 9.59 Å². The van der Waals surface area contributed by atoms with Gasteiger partial charge in [0.05, 0.1) is 17.9 Å². The number of esters is 1. The Morgan fingerprint density at radius 1 is 1.37 bits per heavy atom. The molecule has 0 N–H and O–H groups in total. The number of aromatic nitrogens is 1. The third-order valence-corrected chi connectivity index (χ3v) is 4.10. The molecule has 1 aromatic carbocycles. The number of rotatable bonds is 3. The largest absolute Gasteiger partial charge is 0.462 e. The molecule has 2 rings (SSSR count). The Bertz CT molecular complexity index is 658. The number of ether oxygens (including phenoxy) is 1. The van der Waals surface area contributed by atoms with Crippen molar-refractivity contribution in [1.82, 2.24) is 3.96 Å². The molecule has 1 heterocycles. The van der Waals surface area contributed by atoms with Crippen LogP contribution in [0.4, 0.5) is 0 Å². The van der Waals surface area contributed by atoms with Gasteiger partial charge in [0, 0.05) is 5.56 Å². The number of halogens is 1. The van der Waals surface area contributed by atoms with Crippen molar-refractivity contribution >= 4 is 29.1 Å². The minimum absolute atomic E-state index is 0.140. The topological polar surface area (TPSA) is 48.3 Å². The maximum absolute atomic E-state index is 11.9. The molecule has 6 heteroatoms. The summed E-state index contributed by atoms with van der Waals surface area (Å²) in [6.07, 6.45) is 0. The predicted molar refractivity (Wildman–Crippen MR) is 75.6 cm³/mol. The Kier molecular flexibility index (Phi) is 4.07. The average Bonchev–Trinajstić information content (AvgIpc) is 2.67. The second-order valence-corrected chi connectivity index (χ2v) is 5.41. The fraction of sp³-hybridized carbons (Fsp3) is 0.231. The van der Waals surface area contributed by atoms with Gasteiger partial charge in [-0.2, -0.15) is 0 Å². The SMILES string of the molecule is CCOC(=O)c1ccc(-n2sc(Cl)c(C)c2=O)cc1. The molecule has 1 aromatic heterocycles. The van der Waals surface area contributed by atoms with Crippen LogP contribution in [0.3, 0.4) is 0 Å². The van der Waals surface area contributed by atoms with Gasteiger partial charge in [-0.25, -0.2) is 8.75 Å². The maximum Gasteiger partial charge on any atom is 0.338 e. The summed E-state index contributed by atoms with van der Waals surface area (Å²) < 4.78 is 6.86. The zero-order chi connectivity index (χ0) is 14.0. The van der Waals surface area contributed by atoms with Gasteiger partial charge in [0.2, 0.25) is 0 Å². The quantitative estimate of drug-likeness (QED) is 0.818. The lowest BCUT2D eigenvalue weighted by molar-refractivity contribution is 0.0526. The Morgan fingerprint density at radius 3 is 2.47 bits per heavy atom. The first-order valence-corrected chi connectivity index (χ1v) is 6.85. The first-order valence-electron chi connectivity index (χ1n) is 5.70. The summed E-state index contributed by atoms with van der Waals surface area (Å²) in [4.78, 5) is 23.4. The molecule has 0 aliphatic carbocycles. The van der Waals surface area contributed by atoms with Crippen molar-refractivity contribution in [2.45, 2.75) is 13.8 Å². The highest BCUT2D eigenvalue weighted by Crippen LogP contribution is 2.21. The van der Waals surface area contributed by atoms with Crippen molar-refractivity contribution in [3.05, 3.63) is 50.1 Å². The number of nitrogens with zero attached hydrogens (tertiary/aromatic N) is 1. The van der Waals surface area contributed by atoms with E-state index in [0.29, 0.717) is 27.8 Å². The third kappa shape index (κ3) is 2.72. The van der Waals surface area contributed by atoms with E-state index in [0.717, 1.165) is 0 Å². The summed E-state index contributed by atoms with van der Waals surface area (Å²) in [5.74, 6) is -0.373. The van der Waals surface area contributed by atoms with Gasteiger partial charge in [-0.3, -0.25) is 4.79 Å². The van der Waals surface area contributed by atoms with Crippen LogP contribution >= 0.6 is 23.1 Å². The highest BCUT2D eigenvalue weighted by molar-refractivity contribution is 7.11. The lowest BCUT2D eigenvalue weighted by atomic mass is 10.2. The summed E-state index contributed by atoms with van der Waals surface area (Å²) in [5, 5.41) is 0. The van der Waals surface area contributed by atoms with Crippen LogP contribution in [-0.4, -0.2) is 16.5 Å². The van der Waals surface area contributed by atoms with Crippen molar-refractivity contribution in [3.63, 3.8) is 0 Å². The van der Waals surface area contributed by atoms with Crippen LogP contribution in [0.2, 0.25) is 4.34 Å². The van der Waals surface area contributed by atoms with Crippen LogP contribution in [-0.2, 0) is 4.74 Å². The number of hydrogen-bond donors (Lipinski definition) is 0. The minimum atomic E-state index is -0.373. The highest BCUT2D eigenvalue weighted by atomic mass is 35.5. The smallest absolute Gasteiger partial charge is 0.338 e. The summed E-state index contributed by atoms with van der Waals surface area (Å²) in [6.45, 7) is 3.77. The second-order valence-electron chi connectivity index (χ2n) is 3.86. The third-order valence-electron chi connectivity index (χ3n) is 2.58. The van der Waals surface area contributed by atoms with E-state index in [1.54, 1.807) is 38.1 Å². The van der Waals surface area contributed by atoms with E-state index in [2.05, 4.69) is 0 Å². The summed E-state index contributed by atoms with van der Waals surface area (Å²) in [7, 11) is 0. The van der Waals surface area contributed by atoms with Crippen LogP contribution in [0.15, 0.2) is 29.1 Å². The fourth-order valence-electron chi connectivity index (χ4n) is 1.54. The molecule has 0 spiro atoms. The van der Waals surface area contributed by atoms with Gasteiger partial charge < -0.3 is 4.74 Å². The first-order chi connectivity index (χ1) is 9.04. The Labute approximate surface area is 119 Å². The molecule has 0 bridgehead atoms. The summed E-state index contributed by atoms with van der Waals surface area (Å²) in [5.41, 5.74) is 1.52. The molecule has 0 saturated heterocycles. The zero-order valence-corrected chi connectivity index (χ0v) is 12.0. The molecule has 100 valence electrons. The number of hydrogen-bond acceptors (Lipinski definition) is 4. The van der Waals surface area contributed by atoms with Gasteiger partial charge in [0.1, 0.15) is 4.34 Å². The molecule has 0 radical (unpaired) electrons. The Balaban J connectivity index is 2.35. The monoisotopic (exact) mass is 297 g/mol. The molecule has 0 amide bonds. The second kappa shape index (κ2) is 5.59. The molecule has 0 saturated carbocycles. The lowest BCUT2D eigenvalue weighted by Crippen LogP contribution is -2.13. The van der Waals surface area contributed by atoms with E-state index in [1.807, 2.05) is 0 Å². The van der Waals surface area contributed by atoms with Gasteiger partial charge >= 0.3 is 5.97 Å². The van der Waals surface area contributed by atoms with Crippen LogP contribution in [0.25, 0.3) is 5.69 Å². The molecule has 0 unspecified atom stereocenters. The van der Waals surface area contributed by atoms with Gasteiger partial charge in [-0.15, -0.1) is 0 Å². The molecule has 2 aromatic rings. The van der Waals surface area contributed by atoms with Crippen molar-refractivity contribution in [2.75, 3.05) is 6.61 Å². The highest BCUT2D eigenvalue weighted by Gasteiger charge is 2.11. The molecular weight excluding hydrogens is 286 g/mol. The summed E-state index contributed by atoms with van der Waals surface area (Å²) >= 11 is 7.10. The van der Waals surface area contributed by atoms with Crippen LogP contribution in [0.5, 0.6) is 0 Å². The Hall–Kier alpha value is -1.59. The van der Waals surface area contributed by atoms with E-state index in [-0.39, 0.29) is 11.5 Å². The Morgan fingerprint density at radius 2 is 2.00 bits per heavy atom. The van der Waals surface area contributed by atoms with E-state index in [1.165, 1.54) is 15.5 Å². The molecular formula is C13H12ClNO3S. The number of carbonyl (C=O) groups excluding carboxylic acids is 1. The summed E-state index contributed by atoms with van der Waals surface area (Å²) in [6, 6.07) is 6.64. The fourth-order valence-corrected chi connectivity index (χ4v) is 2.66. The zero-order valence-electron chi connectivity index (χ0n) is 10.5. The van der Waals surface area contributed by atoms with Gasteiger partial charge in [-0.1, -0.05) is 11.6 Å². The van der Waals surface area contributed by atoms with Gasteiger partial charge in [0.15, 0.2) is 0 Å². The number of carbonyl (C=O) groups is 1. The lowest BCUT2D eigenvalue weighted by Gasteiger charge is -2.03. The first kappa shape index (κ1) is 13.8. The van der Waals surface area contributed by atoms with Gasteiger partial charge in [0.25, 0.3) is 5.56 Å². The standard InChI is InChI=1S/C13H12ClNO3S/c1-3-18-13(17)9-4-6-10(7-5-9)15-12(16)8(2)11(14)19-15/h4-7H,3H2,1-2H3. The van der Waals surface area contributed by atoms with Crippen LogP contribution in [0, 0.1) is 6.92 Å². The normalized spacial score (nSPS) is 10.5. The van der Waals surface area contributed by atoms with E-state index < -0.39 is 0 Å². The molecule has 0 atom stereocenters. The minimum Gasteiger partial charge on any atom is -0.462 e. The van der Waals surface area contributed by atoms with Crippen LogP contribution < -0.4 is 5.56 Å². The van der Waals surface area contributed by atoms with Crippen molar-refractivity contribution in [1.29, 1.82) is 0 Å². The van der Waals surface area contributed by atoms with E-state index in [4.69, 9.17) is 16.3 Å². The number of benzene rings is 1. The van der Waals surface area contributed by atoms with Crippen molar-refractivity contribution in [3.8, 4) is 5.69 Å². The maximum atomic E-state index is 11.9. The molecule has 0 fully saturated rings. The van der Waals surface area contributed by atoms with Crippen molar-refractivity contribution in [2.24, 2.45) is 0 Å². The average molecular weight is 298 g/mol. The van der Waals surface area contributed by atoms with Crippen molar-refractivity contribution < 1.29 is 9.53 Å². The molecule has 19 heavy (non-hydrogen) atoms. The van der Waals surface area contributed by atoms with E-state index >= 15 is 0 Å². The molecule has 0 aliphatic rings.